The van der Waals surface area contributed by atoms with Crippen molar-refractivity contribution in [3.63, 3.8) is 0 Å². The number of aromatic nitrogens is 1. The van der Waals surface area contributed by atoms with Crippen LogP contribution in [0.15, 0.2) is 18.3 Å². The Hall–Kier alpha value is -2.13. The van der Waals surface area contributed by atoms with E-state index in [1.807, 2.05) is 11.0 Å². The number of carbonyl (C=O) groups is 1. The van der Waals surface area contributed by atoms with Crippen molar-refractivity contribution in [1.29, 1.82) is 5.26 Å². The van der Waals surface area contributed by atoms with Crippen LogP contribution >= 0.6 is 0 Å². The number of nitrogens with zero attached hydrogens (tertiary/aromatic N) is 3. The molecule has 2 heterocycles. The summed E-state index contributed by atoms with van der Waals surface area (Å²) in [7, 11) is 0. The minimum Gasteiger partial charge on any atom is -0.369 e. The predicted molar refractivity (Wildman–Crippen MR) is 76.1 cm³/mol. The molecule has 1 saturated heterocycles. The Kier molecular flexibility index (Phi) is 4.91. The molecular formula is C14H19N5O. The summed E-state index contributed by atoms with van der Waals surface area (Å²) in [4.78, 5) is 17.7. The van der Waals surface area contributed by atoms with Crippen LogP contribution in [-0.4, -0.2) is 48.0 Å². The van der Waals surface area contributed by atoms with Crippen molar-refractivity contribution in [2.45, 2.75) is 19.4 Å². The van der Waals surface area contributed by atoms with E-state index in [1.165, 1.54) is 6.20 Å². The first kappa shape index (κ1) is 14.3. The molecule has 20 heavy (non-hydrogen) atoms. The van der Waals surface area contributed by atoms with Gasteiger partial charge < -0.3 is 15.5 Å². The van der Waals surface area contributed by atoms with Gasteiger partial charge in [-0.15, -0.1) is 0 Å². The van der Waals surface area contributed by atoms with E-state index in [0.29, 0.717) is 31.2 Å². The van der Waals surface area contributed by atoms with Gasteiger partial charge in [0.2, 0.25) is 5.91 Å². The van der Waals surface area contributed by atoms with Gasteiger partial charge in [0.15, 0.2) is 0 Å². The van der Waals surface area contributed by atoms with Gasteiger partial charge in [-0.3, -0.25) is 4.79 Å². The van der Waals surface area contributed by atoms with Crippen LogP contribution in [0.1, 0.15) is 18.9 Å². The number of nitriles is 1. The van der Waals surface area contributed by atoms with Gasteiger partial charge in [-0.1, -0.05) is 0 Å². The van der Waals surface area contributed by atoms with E-state index >= 15 is 0 Å². The zero-order valence-corrected chi connectivity index (χ0v) is 11.6. The molecule has 0 aromatic carbocycles. The molecule has 1 unspecified atom stereocenters. The Balaban J connectivity index is 1.59. The summed E-state index contributed by atoms with van der Waals surface area (Å²) in [5.74, 6) is 0.897. The number of pyridine rings is 1. The number of hydrogen-bond donors (Lipinski definition) is 2. The largest absolute Gasteiger partial charge is 0.369 e. The van der Waals surface area contributed by atoms with E-state index in [4.69, 9.17) is 5.26 Å². The fourth-order valence-electron chi connectivity index (χ4n) is 2.03. The molecule has 2 N–H and O–H groups in total. The third-order valence-corrected chi connectivity index (χ3v) is 3.42. The van der Waals surface area contributed by atoms with Crippen molar-refractivity contribution >= 4 is 11.7 Å². The van der Waals surface area contributed by atoms with Gasteiger partial charge in [0.25, 0.3) is 0 Å². The van der Waals surface area contributed by atoms with Crippen LogP contribution in [0.25, 0.3) is 0 Å². The maximum absolute atomic E-state index is 11.7. The van der Waals surface area contributed by atoms with Crippen molar-refractivity contribution in [2.24, 2.45) is 0 Å². The van der Waals surface area contributed by atoms with Gasteiger partial charge in [-0.25, -0.2) is 4.98 Å². The zero-order chi connectivity index (χ0) is 14.4. The van der Waals surface area contributed by atoms with Crippen molar-refractivity contribution in [1.82, 2.24) is 15.2 Å². The van der Waals surface area contributed by atoms with Gasteiger partial charge in [0.1, 0.15) is 11.9 Å². The molecular weight excluding hydrogens is 254 g/mol. The molecule has 1 aliphatic rings. The predicted octanol–water partition coefficient (Wildman–Crippen LogP) is 0.576. The molecule has 1 fully saturated rings. The molecule has 106 valence electrons. The molecule has 1 aliphatic heterocycles. The standard InChI is InChI=1S/C14H19N5O/c1-11-4-7-19(11)14(20)10-16-5-6-17-13-3-2-12(8-15)9-18-13/h2-3,9,11,16H,4-7,10H2,1H3,(H,17,18). The monoisotopic (exact) mass is 273 g/mol. The van der Waals surface area contributed by atoms with Crippen molar-refractivity contribution in [2.75, 3.05) is 31.5 Å². The van der Waals surface area contributed by atoms with Gasteiger partial charge in [0, 0.05) is 31.9 Å². The van der Waals surface area contributed by atoms with Crippen LogP contribution in [0.5, 0.6) is 0 Å². The Bertz CT molecular complexity index is 493. The molecule has 6 nitrogen and oxygen atoms in total. The van der Waals surface area contributed by atoms with Crippen LogP contribution < -0.4 is 10.6 Å². The van der Waals surface area contributed by atoms with Crippen molar-refractivity contribution < 1.29 is 4.79 Å². The Morgan fingerprint density at radius 3 is 2.95 bits per heavy atom. The van der Waals surface area contributed by atoms with E-state index in [9.17, 15) is 4.79 Å². The van der Waals surface area contributed by atoms with E-state index in [1.54, 1.807) is 12.1 Å². The summed E-state index contributed by atoms with van der Waals surface area (Å²) in [5, 5.41) is 14.9. The molecule has 2 rings (SSSR count). The first-order valence-electron chi connectivity index (χ1n) is 6.81. The topological polar surface area (TPSA) is 81.0 Å². The highest BCUT2D eigenvalue weighted by atomic mass is 16.2. The molecule has 1 aromatic rings. The fourth-order valence-corrected chi connectivity index (χ4v) is 2.03. The molecule has 0 saturated carbocycles. The van der Waals surface area contributed by atoms with Crippen molar-refractivity contribution in [3.05, 3.63) is 23.9 Å². The maximum Gasteiger partial charge on any atom is 0.236 e. The zero-order valence-electron chi connectivity index (χ0n) is 11.6. The first-order valence-corrected chi connectivity index (χ1v) is 6.81. The quantitative estimate of drug-likeness (QED) is 0.741. The summed E-state index contributed by atoms with van der Waals surface area (Å²) in [5.41, 5.74) is 0.544. The second-order valence-corrected chi connectivity index (χ2v) is 4.87. The summed E-state index contributed by atoms with van der Waals surface area (Å²) in [6.45, 7) is 4.71. The average molecular weight is 273 g/mol. The lowest BCUT2D eigenvalue weighted by Gasteiger charge is -2.38. The van der Waals surface area contributed by atoms with Gasteiger partial charge in [-0.2, -0.15) is 5.26 Å². The summed E-state index contributed by atoms with van der Waals surface area (Å²) >= 11 is 0. The first-order chi connectivity index (χ1) is 9.70. The van der Waals surface area contributed by atoms with E-state index in [2.05, 4.69) is 22.5 Å². The smallest absolute Gasteiger partial charge is 0.236 e. The van der Waals surface area contributed by atoms with Crippen LogP contribution in [0.4, 0.5) is 5.82 Å². The lowest BCUT2D eigenvalue weighted by Crippen LogP contribution is -2.52. The minimum absolute atomic E-state index is 0.167. The third-order valence-electron chi connectivity index (χ3n) is 3.42. The second-order valence-electron chi connectivity index (χ2n) is 4.87. The summed E-state index contributed by atoms with van der Waals surface area (Å²) in [6.07, 6.45) is 2.64. The van der Waals surface area contributed by atoms with E-state index in [-0.39, 0.29) is 5.91 Å². The van der Waals surface area contributed by atoms with Gasteiger partial charge in [-0.05, 0) is 25.5 Å². The average Bonchev–Trinajstić information content (AvgIpc) is 2.46. The second kappa shape index (κ2) is 6.87. The maximum atomic E-state index is 11.7. The lowest BCUT2D eigenvalue weighted by molar-refractivity contribution is -0.137. The van der Waals surface area contributed by atoms with Crippen molar-refractivity contribution in [3.8, 4) is 6.07 Å². The number of nitrogens with one attached hydrogen (secondary N) is 2. The Labute approximate surface area is 118 Å². The minimum atomic E-state index is 0.167. The highest BCUT2D eigenvalue weighted by Gasteiger charge is 2.27. The highest BCUT2D eigenvalue weighted by Crippen LogP contribution is 2.15. The third kappa shape index (κ3) is 3.68. The van der Waals surface area contributed by atoms with Crippen LogP contribution in [0.3, 0.4) is 0 Å². The van der Waals surface area contributed by atoms with E-state index in [0.717, 1.165) is 18.8 Å². The number of carbonyl (C=O) groups excluding carboxylic acids is 1. The molecule has 0 bridgehead atoms. The van der Waals surface area contributed by atoms with Crippen LogP contribution in [0.2, 0.25) is 0 Å². The molecule has 1 amide bonds. The Morgan fingerprint density at radius 2 is 2.40 bits per heavy atom. The fraction of sp³-hybridized carbons (Fsp3) is 0.500. The number of rotatable bonds is 6. The molecule has 1 atom stereocenters. The van der Waals surface area contributed by atoms with Gasteiger partial charge in [0.05, 0.1) is 12.1 Å². The number of amides is 1. The Morgan fingerprint density at radius 1 is 1.55 bits per heavy atom. The lowest BCUT2D eigenvalue weighted by atomic mass is 10.1. The van der Waals surface area contributed by atoms with Crippen LogP contribution in [-0.2, 0) is 4.79 Å². The number of hydrogen-bond acceptors (Lipinski definition) is 5. The SMILES string of the molecule is CC1CCN1C(=O)CNCCNc1ccc(C#N)cn1. The molecule has 6 heteroatoms. The highest BCUT2D eigenvalue weighted by molar-refractivity contribution is 5.79. The molecule has 0 aliphatic carbocycles. The van der Waals surface area contributed by atoms with Gasteiger partial charge >= 0.3 is 0 Å². The number of likely N-dealkylation sites (tertiary alicyclic amines) is 1. The van der Waals surface area contributed by atoms with E-state index < -0.39 is 0 Å². The molecule has 0 radical (unpaired) electrons. The molecule has 0 spiro atoms. The normalized spacial score (nSPS) is 17.2. The summed E-state index contributed by atoms with van der Waals surface area (Å²) < 4.78 is 0. The van der Waals surface area contributed by atoms with Crippen LogP contribution in [0, 0.1) is 11.3 Å². The number of anilines is 1. The molecule has 1 aromatic heterocycles. The summed E-state index contributed by atoms with van der Waals surface area (Å²) in [6, 6.07) is 5.91.